The molecule has 0 amide bonds. The molecule has 1 aromatic carbocycles. The first-order valence-corrected chi connectivity index (χ1v) is 8.48. The van der Waals surface area contributed by atoms with Crippen LogP contribution in [0.4, 0.5) is 5.69 Å². The summed E-state index contributed by atoms with van der Waals surface area (Å²) in [6.07, 6.45) is 10.1. The zero-order valence-corrected chi connectivity index (χ0v) is 14.2. The Bertz CT molecular complexity index is 701. The summed E-state index contributed by atoms with van der Waals surface area (Å²) >= 11 is 1.59. The smallest absolute Gasteiger partial charge is 0.139 e. The van der Waals surface area contributed by atoms with E-state index in [-0.39, 0.29) is 0 Å². The monoisotopic (exact) mass is 324 g/mol. The summed E-state index contributed by atoms with van der Waals surface area (Å²) in [7, 11) is 4.09. The number of thioether (sulfide) groups is 1. The van der Waals surface area contributed by atoms with Crippen molar-refractivity contribution < 1.29 is 0 Å². The topological polar surface area (TPSA) is 31.2 Å². The van der Waals surface area contributed by atoms with Gasteiger partial charge in [-0.25, -0.2) is 0 Å². The Balaban J connectivity index is 1.66. The molecule has 1 heterocycles. The fourth-order valence-corrected chi connectivity index (χ4v) is 3.11. The van der Waals surface area contributed by atoms with E-state index in [2.05, 4.69) is 58.6 Å². The average Bonchev–Trinajstić information content (AvgIpc) is 2.61. The van der Waals surface area contributed by atoms with Crippen LogP contribution in [0.3, 0.4) is 0 Å². The number of hydrogen-bond donors (Lipinski definition) is 0. The van der Waals surface area contributed by atoms with Crippen LogP contribution < -0.4 is 4.90 Å². The molecular formula is C18H20N4S. The van der Waals surface area contributed by atoms with Crippen LogP contribution in [-0.2, 0) is 0 Å². The highest BCUT2D eigenvalue weighted by atomic mass is 32.2. The summed E-state index contributed by atoms with van der Waals surface area (Å²) in [6.45, 7) is 0. The van der Waals surface area contributed by atoms with Crippen LogP contribution in [0.1, 0.15) is 12.8 Å². The van der Waals surface area contributed by atoms with E-state index in [1.54, 1.807) is 11.8 Å². The molecule has 0 fully saturated rings. The van der Waals surface area contributed by atoms with Crippen molar-refractivity contribution in [2.75, 3.05) is 19.0 Å². The first-order chi connectivity index (χ1) is 11.2. The predicted octanol–water partition coefficient (Wildman–Crippen LogP) is 5.09. The normalized spacial score (nSPS) is 17.8. The number of para-hydroxylation sites is 1. The Hall–Kier alpha value is -2.27. The van der Waals surface area contributed by atoms with Gasteiger partial charge in [-0.1, -0.05) is 30.0 Å². The molecule has 0 spiro atoms. The lowest BCUT2D eigenvalue weighted by atomic mass is 10.1. The highest BCUT2D eigenvalue weighted by Gasteiger charge is 2.11. The maximum atomic E-state index is 4.38. The summed E-state index contributed by atoms with van der Waals surface area (Å²) in [5.74, 6) is 0. The first-order valence-electron chi connectivity index (χ1n) is 7.60. The van der Waals surface area contributed by atoms with E-state index < -0.39 is 0 Å². The Morgan fingerprint density at radius 1 is 1.09 bits per heavy atom. The standard InChI is InChI=1S/C18H20N4S/c1-21-12-13-23-18(14-21)20-19-15-8-10-17(11-9-15)22(2)16-6-4-3-5-7-16/h3-8,10,12-14H,9,11H2,1-2H3. The van der Waals surface area contributed by atoms with Gasteiger partial charge in [-0.15, -0.1) is 5.11 Å². The van der Waals surface area contributed by atoms with Gasteiger partial charge < -0.3 is 9.80 Å². The zero-order valence-electron chi connectivity index (χ0n) is 13.4. The van der Waals surface area contributed by atoms with E-state index in [1.807, 2.05) is 35.8 Å². The van der Waals surface area contributed by atoms with E-state index in [0.717, 1.165) is 23.6 Å². The third kappa shape index (κ3) is 4.13. The van der Waals surface area contributed by atoms with Gasteiger partial charge in [0.2, 0.25) is 0 Å². The lowest BCUT2D eigenvalue weighted by molar-refractivity contribution is 0.621. The van der Waals surface area contributed by atoms with Crippen LogP contribution in [0.2, 0.25) is 0 Å². The second-order valence-corrected chi connectivity index (χ2v) is 6.37. The molecule has 2 aliphatic rings. The van der Waals surface area contributed by atoms with Gasteiger partial charge in [-0.05, 0) is 42.5 Å². The Labute approximate surface area is 141 Å². The van der Waals surface area contributed by atoms with Gasteiger partial charge in [0.05, 0.1) is 5.70 Å². The molecule has 0 bridgehead atoms. The SMILES string of the molecule is CN1C=CSC(N=NC2=CC=C(N(C)c3ccccc3)CC2)=C1. The minimum Gasteiger partial charge on any atom is -0.354 e. The van der Waals surface area contributed by atoms with Crippen LogP contribution >= 0.6 is 11.8 Å². The predicted molar refractivity (Wildman–Crippen MR) is 97.7 cm³/mol. The number of nitrogens with zero attached hydrogens (tertiary/aromatic N) is 4. The van der Waals surface area contributed by atoms with Gasteiger partial charge in [0, 0.05) is 37.9 Å². The van der Waals surface area contributed by atoms with E-state index in [0.29, 0.717) is 0 Å². The maximum absolute atomic E-state index is 4.38. The minimum absolute atomic E-state index is 0.909. The van der Waals surface area contributed by atoms with Crippen molar-refractivity contribution in [3.63, 3.8) is 0 Å². The molecule has 0 N–H and O–H groups in total. The van der Waals surface area contributed by atoms with Crippen LogP contribution in [0, 0.1) is 0 Å². The number of anilines is 1. The molecule has 23 heavy (non-hydrogen) atoms. The molecule has 0 aromatic heterocycles. The number of allylic oxidation sites excluding steroid dienone is 4. The second kappa shape index (κ2) is 7.33. The molecular weight excluding hydrogens is 304 g/mol. The molecule has 1 aliphatic heterocycles. The van der Waals surface area contributed by atoms with Crippen molar-refractivity contribution >= 4 is 17.4 Å². The van der Waals surface area contributed by atoms with Gasteiger partial charge in [0.1, 0.15) is 5.03 Å². The van der Waals surface area contributed by atoms with E-state index >= 15 is 0 Å². The number of benzene rings is 1. The van der Waals surface area contributed by atoms with Gasteiger partial charge in [0.15, 0.2) is 0 Å². The number of azo groups is 1. The average molecular weight is 324 g/mol. The Kier molecular flexibility index (Phi) is 4.98. The highest BCUT2D eigenvalue weighted by Crippen LogP contribution is 2.28. The molecule has 5 heteroatoms. The first kappa shape index (κ1) is 15.6. The second-order valence-electron chi connectivity index (χ2n) is 5.45. The van der Waals surface area contributed by atoms with Crippen LogP contribution in [0.15, 0.2) is 86.9 Å². The van der Waals surface area contributed by atoms with Crippen molar-refractivity contribution in [2.24, 2.45) is 10.2 Å². The third-order valence-corrected chi connectivity index (χ3v) is 4.44. The molecule has 1 aromatic rings. The summed E-state index contributed by atoms with van der Waals surface area (Å²) in [6, 6.07) is 10.4. The minimum atomic E-state index is 0.909. The molecule has 4 nitrogen and oxygen atoms in total. The van der Waals surface area contributed by atoms with Gasteiger partial charge in [0.25, 0.3) is 0 Å². The Morgan fingerprint density at radius 3 is 2.61 bits per heavy atom. The van der Waals surface area contributed by atoms with E-state index in [9.17, 15) is 0 Å². The van der Waals surface area contributed by atoms with Crippen molar-refractivity contribution in [3.05, 3.63) is 76.7 Å². The van der Waals surface area contributed by atoms with E-state index in [1.165, 1.54) is 11.4 Å². The summed E-state index contributed by atoms with van der Waals surface area (Å²) in [4.78, 5) is 4.20. The molecule has 118 valence electrons. The quantitative estimate of drug-likeness (QED) is 0.723. The van der Waals surface area contributed by atoms with Crippen LogP contribution in [0.5, 0.6) is 0 Å². The Morgan fingerprint density at radius 2 is 1.91 bits per heavy atom. The molecule has 0 radical (unpaired) electrons. The summed E-state index contributed by atoms with van der Waals surface area (Å²) < 4.78 is 0. The van der Waals surface area contributed by atoms with Gasteiger partial charge >= 0.3 is 0 Å². The van der Waals surface area contributed by atoms with Crippen molar-refractivity contribution in [1.82, 2.24) is 4.90 Å². The van der Waals surface area contributed by atoms with Crippen molar-refractivity contribution in [2.45, 2.75) is 12.8 Å². The largest absolute Gasteiger partial charge is 0.354 e. The van der Waals surface area contributed by atoms with Gasteiger partial charge in [-0.3, -0.25) is 0 Å². The van der Waals surface area contributed by atoms with E-state index in [4.69, 9.17) is 0 Å². The fraction of sp³-hybridized carbons (Fsp3) is 0.222. The van der Waals surface area contributed by atoms with Crippen molar-refractivity contribution in [3.8, 4) is 0 Å². The molecule has 0 atom stereocenters. The molecule has 1 aliphatic carbocycles. The lowest BCUT2D eigenvalue weighted by Gasteiger charge is -2.24. The third-order valence-electron chi connectivity index (χ3n) is 3.76. The van der Waals surface area contributed by atoms with Crippen LogP contribution in [-0.4, -0.2) is 19.0 Å². The lowest BCUT2D eigenvalue weighted by Crippen LogP contribution is -2.17. The zero-order chi connectivity index (χ0) is 16.1. The van der Waals surface area contributed by atoms with Gasteiger partial charge in [-0.2, -0.15) is 5.11 Å². The molecule has 0 saturated carbocycles. The maximum Gasteiger partial charge on any atom is 0.139 e. The molecule has 3 rings (SSSR count). The highest BCUT2D eigenvalue weighted by molar-refractivity contribution is 8.05. The summed E-state index contributed by atoms with van der Waals surface area (Å²) in [5, 5.41) is 11.6. The number of hydrogen-bond acceptors (Lipinski definition) is 5. The molecule has 0 unspecified atom stereocenters. The number of rotatable bonds is 4. The molecule has 0 saturated heterocycles. The fourth-order valence-electron chi connectivity index (χ4n) is 2.40. The van der Waals surface area contributed by atoms with Crippen molar-refractivity contribution in [1.29, 1.82) is 0 Å². The summed E-state index contributed by atoms with van der Waals surface area (Å²) in [5.41, 5.74) is 3.52. The van der Waals surface area contributed by atoms with Crippen LogP contribution in [0.25, 0.3) is 0 Å².